The number of nitrogens with one attached hydrogen (secondary N) is 1. The van der Waals surface area contributed by atoms with E-state index in [9.17, 15) is 20.1 Å². The summed E-state index contributed by atoms with van der Waals surface area (Å²) in [7, 11) is 0. The minimum atomic E-state index is -1.06. The third-order valence-corrected chi connectivity index (χ3v) is 7.73. The summed E-state index contributed by atoms with van der Waals surface area (Å²) >= 11 is 0. The van der Waals surface area contributed by atoms with Crippen molar-refractivity contribution in [3.8, 4) is 0 Å². The number of aliphatic hydroxyl groups excluding tert-OH is 3. The summed E-state index contributed by atoms with van der Waals surface area (Å²) in [6.45, 7) is 4.19. The zero-order valence-electron chi connectivity index (χ0n) is 24.9. The highest BCUT2D eigenvalue weighted by molar-refractivity contribution is 5.80. The minimum Gasteiger partial charge on any atom is -0.394 e. The van der Waals surface area contributed by atoms with Crippen molar-refractivity contribution in [3.05, 3.63) is 0 Å². The molecule has 0 aromatic heterocycles. The fraction of sp³-hybridized carbons (Fsp3) is 0.969. The van der Waals surface area contributed by atoms with Crippen molar-refractivity contribution >= 4 is 5.91 Å². The van der Waals surface area contributed by atoms with Crippen molar-refractivity contribution in [2.24, 2.45) is 0 Å². The fourth-order valence-corrected chi connectivity index (χ4v) is 5.07. The largest absolute Gasteiger partial charge is 0.394 e. The maximum absolute atomic E-state index is 12.3. The van der Waals surface area contributed by atoms with E-state index in [1.165, 1.54) is 116 Å². The van der Waals surface area contributed by atoms with Gasteiger partial charge in [0.15, 0.2) is 0 Å². The van der Waals surface area contributed by atoms with Gasteiger partial charge in [0.1, 0.15) is 6.10 Å². The molecule has 0 aliphatic carbocycles. The van der Waals surface area contributed by atoms with E-state index in [2.05, 4.69) is 19.2 Å². The van der Waals surface area contributed by atoms with Crippen LogP contribution in [0.3, 0.4) is 0 Å². The lowest BCUT2D eigenvalue weighted by atomic mass is 10.0. The summed E-state index contributed by atoms with van der Waals surface area (Å²) in [5.74, 6) is -0.472. The Morgan fingerprint density at radius 1 is 0.541 bits per heavy atom. The van der Waals surface area contributed by atoms with Crippen LogP contribution in [-0.2, 0) is 4.79 Å². The Hall–Kier alpha value is -0.650. The first kappa shape index (κ1) is 36.4. The minimum absolute atomic E-state index is 0.309. The SMILES string of the molecule is CCCCCCCCCCCCCCC(O)C(=O)NC(CO)C(O)CCCCCCCCCCCCC. The number of hydrogen-bond acceptors (Lipinski definition) is 4. The molecule has 0 aromatic rings. The number of carbonyl (C=O) groups excluding carboxylic acids is 1. The van der Waals surface area contributed by atoms with E-state index >= 15 is 0 Å². The topological polar surface area (TPSA) is 89.8 Å². The number of carbonyl (C=O) groups is 1. The van der Waals surface area contributed by atoms with Crippen LogP contribution >= 0.6 is 0 Å². The highest BCUT2D eigenvalue weighted by Gasteiger charge is 2.23. The van der Waals surface area contributed by atoms with Crippen LogP contribution in [-0.4, -0.2) is 46.1 Å². The van der Waals surface area contributed by atoms with Crippen LogP contribution in [0.2, 0.25) is 0 Å². The third kappa shape index (κ3) is 24.1. The second-order valence-corrected chi connectivity index (χ2v) is 11.4. The average molecular weight is 528 g/mol. The monoisotopic (exact) mass is 527 g/mol. The molecular formula is C32H65NO4. The van der Waals surface area contributed by atoms with E-state index in [0.29, 0.717) is 12.8 Å². The van der Waals surface area contributed by atoms with E-state index in [1.54, 1.807) is 0 Å². The maximum atomic E-state index is 12.3. The van der Waals surface area contributed by atoms with E-state index in [1.807, 2.05) is 0 Å². The summed E-state index contributed by atoms with van der Waals surface area (Å²) in [6, 6.07) is -0.702. The number of hydrogen-bond donors (Lipinski definition) is 4. The van der Waals surface area contributed by atoms with Crippen LogP contribution < -0.4 is 5.32 Å². The molecule has 0 fully saturated rings. The first-order chi connectivity index (χ1) is 18.1. The highest BCUT2D eigenvalue weighted by atomic mass is 16.3. The molecule has 5 heteroatoms. The summed E-state index contributed by atoms with van der Waals surface area (Å²) in [5.41, 5.74) is 0. The van der Waals surface area contributed by atoms with Gasteiger partial charge >= 0.3 is 0 Å². The highest BCUT2D eigenvalue weighted by Crippen LogP contribution is 2.15. The van der Waals surface area contributed by atoms with Gasteiger partial charge in [0.2, 0.25) is 5.91 Å². The Morgan fingerprint density at radius 3 is 1.22 bits per heavy atom. The van der Waals surface area contributed by atoms with Gasteiger partial charge in [-0.15, -0.1) is 0 Å². The molecule has 1 amide bonds. The third-order valence-electron chi connectivity index (χ3n) is 7.73. The molecule has 0 bridgehead atoms. The van der Waals surface area contributed by atoms with Gasteiger partial charge in [0, 0.05) is 0 Å². The van der Waals surface area contributed by atoms with Gasteiger partial charge in [-0.25, -0.2) is 0 Å². The smallest absolute Gasteiger partial charge is 0.249 e. The van der Waals surface area contributed by atoms with Crippen molar-refractivity contribution in [1.29, 1.82) is 0 Å². The summed E-state index contributed by atoms with van der Waals surface area (Å²) in [4.78, 5) is 12.3. The van der Waals surface area contributed by atoms with Crippen LogP contribution in [0.5, 0.6) is 0 Å². The molecule has 0 saturated carbocycles. The Balaban J connectivity index is 3.72. The lowest BCUT2D eigenvalue weighted by molar-refractivity contribution is -0.131. The molecular weight excluding hydrogens is 462 g/mol. The lowest BCUT2D eigenvalue weighted by Gasteiger charge is -2.23. The molecule has 0 rings (SSSR count). The summed E-state index contributed by atoms with van der Waals surface area (Å²) in [5, 5.41) is 32.9. The number of unbranched alkanes of at least 4 members (excludes halogenated alkanes) is 21. The molecule has 37 heavy (non-hydrogen) atoms. The summed E-state index contributed by atoms with van der Waals surface area (Å²) < 4.78 is 0. The lowest BCUT2D eigenvalue weighted by Crippen LogP contribution is -2.49. The van der Waals surface area contributed by atoms with Crippen LogP contribution in [0.15, 0.2) is 0 Å². The molecule has 0 saturated heterocycles. The molecule has 5 nitrogen and oxygen atoms in total. The first-order valence-corrected chi connectivity index (χ1v) is 16.3. The van der Waals surface area contributed by atoms with Crippen LogP contribution in [0.25, 0.3) is 0 Å². The molecule has 0 spiro atoms. The first-order valence-electron chi connectivity index (χ1n) is 16.3. The molecule has 3 atom stereocenters. The van der Waals surface area contributed by atoms with Crippen LogP contribution in [0, 0.1) is 0 Å². The second kappa shape index (κ2) is 28.4. The fourth-order valence-electron chi connectivity index (χ4n) is 5.07. The Bertz CT molecular complexity index is 474. The number of rotatable bonds is 29. The van der Waals surface area contributed by atoms with Gasteiger partial charge in [-0.05, 0) is 12.8 Å². The molecule has 0 radical (unpaired) electrons. The van der Waals surface area contributed by atoms with E-state index in [4.69, 9.17) is 0 Å². The predicted molar refractivity (Wildman–Crippen MR) is 158 cm³/mol. The Labute approximate surface area is 230 Å². The van der Waals surface area contributed by atoms with Gasteiger partial charge in [0.05, 0.1) is 18.8 Å². The molecule has 0 aromatic carbocycles. The average Bonchev–Trinajstić information content (AvgIpc) is 2.90. The summed E-state index contributed by atoms with van der Waals surface area (Å²) in [6.07, 6.45) is 27.9. The molecule has 0 aliphatic heterocycles. The maximum Gasteiger partial charge on any atom is 0.249 e. The van der Waals surface area contributed by atoms with E-state index in [-0.39, 0.29) is 6.61 Å². The van der Waals surface area contributed by atoms with Crippen LogP contribution in [0.1, 0.15) is 174 Å². The Kier molecular flexibility index (Phi) is 27.9. The van der Waals surface area contributed by atoms with Crippen molar-refractivity contribution in [3.63, 3.8) is 0 Å². The Morgan fingerprint density at radius 2 is 0.865 bits per heavy atom. The normalized spacial score (nSPS) is 14.0. The molecule has 222 valence electrons. The quantitative estimate of drug-likeness (QED) is 0.0742. The second-order valence-electron chi connectivity index (χ2n) is 11.4. The molecule has 4 N–H and O–H groups in total. The molecule has 0 heterocycles. The van der Waals surface area contributed by atoms with Gasteiger partial charge < -0.3 is 20.6 Å². The van der Waals surface area contributed by atoms with Gasteiger partial charge in [-0.3, -0.25) is 4.79 Å². The standard InChI is InChI=1S/C32H65NO4/c1-3-5-7-9-11-13-15-17-19-21-23-25-27-31(36)32(37)33-29(28-34)30(35)26-24-22-20-18-16-14-12-10-8-6-4-2/h29-31,34-36H,3-28H2,1-2H3,(H,33,37). The number of aliphatic hydroxyl groups is 3. The van der Waals surface area contributed by atoms with Crippen molar-refractivity contribution < 1.29 is 20.1 Å². The van der Waals surface area contributed by atoms with Crippen molar-refractivity contribution in [2.45, 2.75) is 193 Å². The van der Waals surface area contributed by atoms with Crippen molar-refractivity contribution in [1.82, 2.24) is 5.32 Å². The van der Waals surface area contributed by atoms with Gasteiger partial charge in [0.25, 0.3) is 0 Å². The van der Waals surface area contributed by atoms with Gasteiger partial charge in [-0.1, -0.05) is 162 Å². The van der Waals surface area contributed by atoms with E-state index in [0.717, 1.165) is 32.1 Å². The molecule has 3 unspecified atom stereocenters. The number of amides is 1. The zero-order valence-corrected chi connectivity index (χ0v) is 24.9. The zero-order chi connectivity index (χ0) is 27.4. The van der Waals surface area contributed by atoms with E-state index < -0.39 is 24.2 Å². The van der Waals surface area contributed by atoms with Crippen molar-refractivity contribution in [2.75, 3.05) is 6.61 Å². The molecule has 0 aliphatic rings. The predicted octanol–water partition coefficient (Wildman–Crippen LogP) is 7.98. The van der Waals surface area contributed by atoms with Gasteiger partial charge in [-0.2, -0.15) is 0 Å². The van der Waals surface area contributed by atoms with Crippen LogP contribution in [0.4, 0.5) is 0 Å².